The van der Waals surface area contributed by atoms with Crippen LogP contribution < -0.4 is 4.90 Å². The number of carbonyl (C=O) groups excluding carboxylic acids is 1. The van der Waals surface area contributed by atoms with Gasteiger partial charge in [-0.3, -0.25) is 4.79 Å². The highest BCUT2D eigenvalue weighted by Crippen LogP contribution is 2.42. The average molecular weight is 383 g/mol. The van der Waals surface area contributed by atoms with Crippen LogP contribution in [-0.2, 0) is 16.1 Å². The highest BCUT2D eigenvalue weighted by molar-refractivity contribution is 5.87. The Bertz CT molecular complexity index is 885. The van der Waals surface area contributed by atoms with E-state index in [1.165, 1.54) is 0 Å². The smallest absolute Gasteiger partial charge is 0.230 e. The first-order chi connectivity index (χ1) is 13.6. The second-order valence-corrected chi connectivity index (χ2v) is 8.12. The number of piperidine rings is 1. The van der Waals surface area contributed by atoms with Gasteiger partial charge in [-0.2, -0.15) is 0 Å². The summed E-state index contributed by atoms with van der Waals surface area (Å²) in [6.07, 6.45) is 2.79. The maximum Gasteiger partial charge on any atom is 0.230 e. The number of para-hydroxylation sites is 1. The van der Waals surface area contributed by atoms with E-state index in [0.29, 0.717) is 19.7 Å². The molecule has 1 atom stereocenters. The summed E-state index contributed by atoms with van der Waals surface area (Å²) in [6.45, 7) is 5.52. The van der Waals surface area contributed by atoms with E-state index in [1.807, 2.05) is 23.1 Å². The second kappa shape index (κ2) is 7.68. The molecule has 6 nitrogen and oxygen atoms in total. The number of carbonyl (C=O) groups is 1. The molecule has 2 aromatic rings. The molecule has 2 aliphatic heterocycles. The van der Waals surface area contributed by atoms with Crippen LogP contribution in [0.4, 0.5) is 5.82 Å². The van der Waals surface area contributed by atoms with E-state index in [0.717, 1.165) is 60.2 Å². The van der Waals surface area contributed by atoms with Crippen molar-refractivity contribution in [3.05, 3.63) is 35.4 Å². The Balaban J connectivity index is 1.63. The van der Waals surface area contributed by atoms with Gasteiger partial charge in [0.2, 0.25) is 5.91 Å². The molecular weight excluding hydrogens is 354 g/mol. The lowest BCUT2D eigenvalue weighted by atomic mass is 9.78. The summed E-state index contributed by atoms with van der Waals surface area (Å²) in [5, 5.41) is 11.0. The van der Waals surface area contributed by atoms with Gasteiger partial charge in [-0.15, -0.1) is 0 Å². The van der Waals surface area contributed by atoms with E-state index >= 15 is 0 Å². The number of aliphatic hydroxyl groups excluding tert-OH is 1. The summed E-state index contributed by atoms with van der Waals surface area (Å²) in [5.41, 5.74) is 2.58. The van der Waals surface area contributed by atoms with Gasteiger partial charge < -0.3 is 19.6 Å². The Hall–Kier alpha value is -2.18. The number of aliphatic hydroxyl groups is 1. The Labute approximate surface area is 166 Å². The van der Waals surface area contributed by atoms with Gasteiger partial charge in [-0.25, -0.2) is 4.98 Å². The van der Waals surface area contributed by atoms with E-state index in [2.05, 4.69) is 17.9 Å². The molecule has 2 fully saturated rings. The van der Waals surface area contributed by atoms with Gasteiger partial charge in [0.1, 0.15) is 5.82 Å². The van der Waals surface area contributed by atoms with Gasteiger partial charge in [0.05, 0.1) is 24.1 Å². The molecule has 1 aromatic carbocycles. The zero-order valence-corrected chi connectivity index (χ0v) is 16.8. The molecule has 0 radical (unpaired) electrons. The molecular formula is C22H29N3O3. The number of nitrogens with zero attached hydrogens (tertiary/aromatic N) is 3. The first kappa shape index (κ1) is 19.2. The predicted molar refractivity (Wildman–Crippen MR) is 109 cm³/mol. The first-order valence-corrected chi connectivity index (χ1v) is 10.1. The monoisotopic (exact) mass is 383 g/mol. The number of ether oxygens (including phenoxy) is 1. The molecule has 0 bridgehead atoms. The number of aromatic nitrogens is 1. The van der Waals surface area contributed by atoms with Gasteiger partial charge in [-0.05, 0) is 37.8 Å². The van der Waals surface area contributed by atoms with Gasteiger partial charge >= 0.3 is 0 Å². The molecule has 150 valence electrons. The number of hydrogen-bond donors (Lipinski definition) is 1. The van der Waals surface area contributed by atoms with E-state index in [9.17, 15) is 9.90 Å². The number of benzene rings is 1. The van der Waals surface area contributed by atoms with E-state index in [1.54, 1.807) is 7.11 Å². The number of amides is 1. The number of anilines is 1. The molecule has 2 aliphatic rings. The highest BCUT2D eigenvalue weighted by atomic mass is 16.5. The topological polar surface area (TPSA) is 65.9 Å². The number of rotatable bonds is 5. The summed E-state index contributed by atoms with van der Waals surface area (Å²) in [7, 11) is 1.67. The number of pyridine rings is 1. The van der Waals surface area contributed by atoms with Crippen LogP contribution in [0, 0.1) is 12.3 Å². The lowest BCUT2D eigenvalue weighted by Crippen LogP contribution is -2.51. The van der Waals surface area contributed by atoms with Crippen molar-refractivity contribution < 1.29 is 14.6 Å². The van der Waals surface area contributed by atoms with Crippen LogP contribution in [0.15, 0.2) is 24.3 Å². The number of hydrogen-bond acceptors (Lipinski definition) is 5. The summed E-state index contributed by atoms with van der Waals surface area (Å²) < 4.78 is 5.17. The SMILES string of the molecule is COCCN1CCC[C@]2(CCN(c3nc4c(C)cccc4cc3CO)C2)C1=O. The number of likely N-dealkylation sites (tertiary alicyclic amines) is 1. The lowest BCUT2D eigenvalue weighted by Gasteiger charge is -2.39. The Kier molecular flexibility index (Phi) is 5.25. The van der Waals surface area contributed by atoms with Crippen molar-refractivity contribution in [1.82, 2.24) is 9.88 Å². The van der Waals surface area contributed by atoms with E-state index in [4.69, 9.17) is 9.72 Å². The van der Waals surface area contributed by atoms with Crippen molar-refractivity contribution in [2.24, 2.45) is 5.41 Å². The van der Waals surface area contributed by atoms with Gasteiger partial charge in [0, 0.05) is 44.2 Å². The van der Waals surface area contributed by atoms with Crippen LogP contribution in [-0.4, -0.2) is 60.8 Å². The molecule has 1 amide bonds. The quantitative estimate of drug-likeness (QED) is 0.859. The van der Waals surface area contributed by atoms with Crippen molar-refractivity contribution in [3.8, 4) is 0 Å². The van der Waals surface area contributed by atoms with Crippen LogP contribution in [0.2, 0.25) is 0 Å². The maximum atomic E-state index is 13.2. The fraction of sp³-hybridized carbons (Fsp3) is 0.545. The third kappa shape index (κ3) is 3.25. The molecule has 2 saturated heterocycles. The van der Waals surface area contributed by atoms with Gasteiger partial charge in [0.15, 0.2) is 0 Å². The van der Waals surface area contributed by atoms with Crippen LogP contribution >= 0.6 is 0 Å². The van der Waals surface area contributed by atoms with E-state index < -0.39 is 0 Å². The molecule has 1 N–H and O–H groups in total. The van der Waals surface area contributed by atoms with Crippen molar-refractivity contribution in [2.75, 3.05) is 44.8 Å². The minimum absolute atomic E-state index is 0.0520. The maximum absolute atomic E-state index is 13.2. The van der Waals surface area contributed by atoms with Crippen LogP contribution in [0.5, 0.6) is 0 Å². The third-order valence-corrected chi connectivity index (χ3v) is 6.32. The summed E-state index contributed by atoms with van der Waals surface area (Å²) in [5.74, 6) is 1.07. The molecule has 28 heavy (non-hydrogen) atoms. The first-order valence-electron chi connectivity index (χ1n) is 10.1. The largest absolute Gasteiger partial charge is 0.392 e. The third-order valence-electron chi connectivity index (χ3n) is 6.32. The highest BCUT2D eigenvalue weighted by Gasteiger charge is 2.48. The van der Waals surface area contributed by atoms with Crippen molar-refractivity contribution in [2.45, 2.75) is 32.8 Å². The van der Waals surface area contributed by atoms with Crippen molar-refractivity contribution in [1.29, 1.82) is 0 Å². The fourth-order valence-electron chi connectivity index (χ4n) is 4.77. The van der Waals surface area contributed by atoms with Gasteiger partial charge in [0.25, 0.3) is 0 Å². The second-order valence-electron chi connectivity index (χ2n) is 8.12. The van der Waals surface area contributed by atoms with Gasteiger partial charge in [-0.1, -0.05) is 18.2 Å². The van der Waals surface area contributed by atoms with E-state index in [-0.39, 0.29) is 17.9 Å². The Morgan fingerprint density at radius 2 is 2.14 bits per heavy atom. The zero-order chi connectivity index (χ0) is 19.7. The molecule has 0 saturated carbocycles. The van der Waals surface area contributed by atoms with Crippen LogP contribution in [0.1, 0.15) is 30.4 Å². The number of aryl methyl sites for hydroxylation is 1. The van der Waals surface area contributed by atoms with Crippen LogP contribution in [0.3, 0.4) is 0 Å². The molecule has 1 aromatic heterocycles. The Morgan fingerprint density at radius 3 is 2.93 bits per heavy atom. The van der Waals surface area contributed by atoms with Crippen LogP contribution in [0.25, 0.3) is 10.9 Å². The lowest BCUT2D eigenvalue weighted by molar-refractivity contribution is -0.145. The minimum Gasteiger partial charge on any atom is -0.392 e. The number of fused-ring (bicyclic) bond motifs is 1. The average Bonchev–Trinajstić information content (AvgIpc) is 3.13. The number of methoxy groups -OCH3 is 1. The molecule has 3 heterocycles. The Morgan fingerprint density at radius 1 is 1.29 bits per heavy atom. The predicted octanol–water partition coefficient (Wildman–Crippen LogP) is 2.50. The molecule has 4 rings (SSSR count). The van der Waals surface area contributed by atoms with Crippen molar-refractivity contribution in [3.63, 3.8) is 0 Å². The molecule has 6 heteroatoms. The standard InChI is InChI=1S/C22H29N3O3/c1-16-5-3-6-17-13-18(14-26)20(23-19(16)17)25-10-8-22(15-25)7-4-9-24(21(22)27)11-12-28-2/h3,5-6,13,26H,4,7-12,14-15H2,1-2H3/t22-/m1/s1. The zero-order valence-electron chi connectivity index (χ0n) is 16.8. The fourth-order valence-corrected chi connectivity index (χ4v) is 4.77. The molecule has 0 unspecified atom stereocenters. The van der Waals surface area contributed by atoms with Crippen molar-refractivity contribution >= 4 is 22.6 Å². The summed E-state index contributed by atoms with van der Waals surface area (Å²) in [6, 6.07) is 8.13. The minimum atomic E-state index is -0.332. The molecule has 0 aliphatic carbocycles. The summed E-state index contributed by atoms with van der Waals surface area (Å²) >= 11 is 0. The summed E-state index contributed by atoms with van der Waals surface area (Å²) in [4.78, 5) is 22.3. The molecule has 1 spiro atoms. The normalized spacial score (nSPS) is 22.6.